The van der Waals surface area contributed by atoms with Gasteiger partial charge in [0.1, 0.15) is 0 Å². The second-order valence-electron chi connectivity index (χ2n) is 9.63. The van der Waals surface area contributed by atoms with Gasteiger partial charge in [-0.3, -0.25) is 9.97 Å². The van der Waals surface area contributed by atoms with Crippen LogP contribution in [0.4, 0.5) is 5.69 Å². The quantitative estimate of drug-likeness (QED) is 0.190. The van der Waals surface area contributed by atoms with E-state index < -0.39 is 0 Å². The second-order valence-corrected chi connectivity index (χ2v) is 9.63. The number of hydrogen-bond acceptors (Lipinski definition) is 4. The van der Waals surface area contributed by atoms with Crippen molar-refractivity contribution in [2.24, 2.45) is 0 Å². The lowest BCUT2D eigenvalue weighted by molar-refractivity contribution is 0.678. The fourth-order valence-electron chi connectivity index (χ4n) is 4.25. The van der Waals surface area contributed by atoms with Crippen LogP contribution in [0.25, 0.3) is 35.4 Å². The Balaban J connectivity index is 1.35. The zero-order valence-electron chi connectivity index (χ0n) is 22.9. The second kappa shape index (κ2) is 14.4. The molecule has 0 fully saturated rings. The minimum atomic E-state index is 0.658. The first kappa shape index (κ1) is 27.5. The van der Waals surface area contributed by atoms with Crippen molar-refractivity contribution in [1.29, 1.82) is 5.26 Å². The van der Waals surface area contributed by atoms with Crippen molar-refractivity contribution in [2.75, 3.05) is 18.0 Å². The Morgan fingerprint density at radius 1 is 0.641 bits per heavy atom. The van der Waals surface area contributed by atoms with E-state index in [4.69, 9.17) is 5.26 Å². The maximum absolute atomic E-state index is 8.92. The topological polar surface area (TPSA) is 52.8 Å². The molecule has 0 amide bonds. The highest BCUT2D eigenvalue weighted by atomic mass is 15.1. The summed E-state index contributed by atoms with van der Waals surface area (Å²) in [7, 11) is 0. The van der Waals surface area contributed by atoms with Crippen molar-refractivity contribution in [3.05, 3.63) is 113 Å². The molecule has 0 aliphatic rings. The lowest BCUT2D eigenvalue weighted by atomic mass is 10.1. The molecule has 0 N–H and O–H groups in total. The van der Waals surface area contributed by atoms with Crippen molar-refractivity contribution in [3.63, 3.8) is 0 Å². The normalized spacial score (nSPS) is 11.2. The van der Waals surface area contributed by atoms with E-state index in [-0.39, 0.29) is 0 Å². The molecule has 4 nitrogen and oxygen atoms in total. The molecule has 2 aromatic heterocycles. The first-order chi connectivity index (χ1) is 19.2. The molecule has 0 atom stereocenters. The minimum absolute atomic E-state index is 0.658. The average Bonchev–Trinajstić information content (AvgIpc) is 3.00. The van der Waals surface area contributed by atoms with Crippen LogP contribution in [0, 0.1) is 11.3 Å². The van der Waals surface area contributed by atoms with Crippen molar-refractivity contribution < 1.29 is 0 Å². The van der Waals surface area contributed by atoms with Crippen molar-refractivity contribution >= 4 is 30.0 Å². The molecule has 196 valence electrons. The first-order valence-electron chi connectivity index (χ1n) is 13.8. The zero-order chi connectivity index (χ0) is 27.3. The molecule has 0 saturated heterocycles. The van der Waals surface area contributed by atoms with Gasteiger partial charge in [0.05, 0.1) is 23.0 Å². The van der Waals surface area contributed by atoms with Crippen LogP contribution in [0.5, 0.6) is 0 Å². The number of benzene rings is 2. The summed E-state index contributed by atoms with van der Waals surface area (Å²) in [5.74, 6) is 0. The molecule has 2 heterocycles. The van der Waals surface area contributed by atoms with E-state index in [9.17, 15) is 0 Å². The lowest BCUT2D eigenvalue weighted by Gasteiger charge is -2.24. The molecule has 2 aromatic carbocycles. The largest absolute Gasteiger partial charge is 0.372 e. The van der Waals surface area contributed by atoms with Gasteiger partial charge in [-0.25, -0.2) is 0 Å². The molecule has 4 rings (SSSR count). The van der Waals surface area contributed by atoms with Crippen LogP contribution < -0.4 is 4.90 Å². The molecule has 0 unspecified atom stereocenters. The van der Waals surface area contributed by atoms with Gasteiger partial charge in [-0.1, -0.05) is 75.2 Å². The third kappa shape index (κ3) is 8.25. The van der Waals surface area contributed by atoms with Crippen molar-refractivity contribution in [1.82, 2.24) is 9.97 Å². The molecule has 0 bridgehead atoms. The SMILES string of the molecule is CCCCN(CCCC)c1ccc(/C=C/c2ccc(-c3ccc(/C=C/c4ccc(C#N)cc4)nc3)cn2)cc1. The van der Waals surface area contributed by atoms with Gasteiger partial charge in [-0.15, -0.1) is 0 Å². The molecule has 4 aromatic rings. The summed E-state index contributed by atoms with van der Waals surface area (Å²) in [6.07, 6.45) is 16.8. The number of pyridine rings is 2. The Labute approximate surface area is 233 Å². The molecule has 0 saturated carbocycles. The van der Waals surface area contributed by atoms with Crippen LogP contribution in [0.2, 0.25) is 0 Å². The van der Waals surface area contributed by atoms with Gasteiger partial charge in [-0.2, -0.15) is 5.26 Å². The number of anilines is 1. The van der Waals surface area contributed by atoms with Gasteiger partial charge in [-0.05, 0) is 72.5 Å². The van der Waals surface area contributed by atoms with E-state index >= 15 is 0 Å². The van der Waals surface area contributed by atoms with Crippen molar-refractivity contribution in [2.45, 2.75) is 39.5 Å². The Hall–Kier alpha value is -4.49. The summed E-state index contributed by atoms with van der Waals surface area (Å²) < 4.78 is 0. The molecule has 0 aliphatic carbocycles. The maximum atomic E-state index is 8.92. The van der Waals surface area contributed by atoms with Crippen LogP contribution in [0.15, 0.2) is 85.2 Å². The zero-order valence-corrected chi connectivity index (χ0v) is 22.9. The highest BCUT2D eigenvalue weighted by Crippen LogP contribution is 2.21. The number of nitriles is 1. The number of aromatic nitrogens is 2. The lowest BCUT2D eigenvalue weighted by Crippen LogP contribution is -2.25. The third-order valence-corrected chi connectivity index (χ3v) is 6.66. The van der Waals surface area contributed by atoms with Gasteiger partial charge in [0, 0.05) is 42.3 Å². The van der Waals surface area contributed by atoms with Crippen molar-refractivity contribution in [3.8, 4) is 17.2 Å². The van der Waals surface area contributed by atoms with Gasteiger partial charge in [0.25, 0.3) is 0 Å². The van der Waals surface area contributed by atoms with E-state index in [0.717, 1.165) is 41.2 Å². The Morgan fingerprint density at radius 2 is 1.13 bits per heavy atom. The summed E-state index contributed by atoms with van der Waals surface area (Å²) in [6.45, 7) is 6.74. The maximum Gasteiger partial charge on any atom is 0.0991 e. The summed E-state index contributed by atoms with van der Waals surface area (Å²) in [4.78, 5) is 11.7. The fourth-order valence-corrected chi connectivity index (χ4v) is 4.25. The molecule has 4 heteroatoms. The summed E-state index contributed by atoms with van der Waals surface area (Å²) in [5, 5.41) is 8.92. The van der Waals surface area contributed by atoms with Crippen LogP contribution >= 0.6 is 0 Å². The van der Waals surface area contributed by atoms with Crippen LogP contribution in [0.3, 0.4) is 0 Å². The minimum Gasteiger partial charge on any atom is -0.372 e. The number of nitrogens with zero attached hydrogens (tertiary/aromatic N) is 4. The van der Waals surface area contributed by atoms with Crippen LogP contribution in [-0.2, 0) is 0 Å². The van der Waals surface area contributed by atoms with Gasteiger partial charge in [0.15, 0.2) is 0 Å². The highest BCUT2D eigenvalue weighted by molar-refractivity contribution is 5.72. The number of rotatable bonds is 12. The van der Waals surface area contributed by atoms with E-state index in [1.165, 1.54) is 36.9 Å². The highest BCUT2D eigenvalue weighted by Gasteiger charge is 2.05. The summed E-state index contributed by atoms with van der Waals surface area (Å²) >= 11 is 0. The van der Waals surface area contributed by atoms with E-state index in [2.05, 4.69) is 83.3 Å². The fraction of sp³-hybridized carbons (Fsp3) is 0.229. The van der Waals surface area contributed by atoms with Crippen LogP contribution in [0.1, 0.15) is 67.6 Å². The standard InChI is InChI=1S/C35H36N4/c1-3-5-23-39(24-6-4-2)35-21-13-29(14-22-35)12-18-34-20-16-32(27-38-34)31-15-19-33(37-26-31)17-11-28-7-9-30(25-36)10-8-28/h7-22,26-27H,3-6,23-24H2,1-2H3/b17-11+,18-12+. The predicted octanol–water partition coefficient (Wildman–Crippen LogP) is 8.76. The van der Waals surface area contributed by atoms with Gasteiger partial charge in [0.2, 0.25) is 0 Å². The summed E-state index contributed by atoms with van der Waals surface area (Å²) in [5.41, 5.74) is 8.03. The number of unbranched alkanes of at least 4 members (excludes halogenated alkanes) is 2. The predicted molar refractivity (Wildman–Crippen MR) is 165 cm³/mol. The number of hydrogen-bond donors (Lipinski definition) is 0. The monoisotopic (exact) mass is 512 g/mol. The van der Waals surface area contributed by atoms with Gasteiger partial charge >= 0.3 is 0 Å². The Kier molecular flexibility index (Phi) is 10.2. The molecular weight excluding hydrogens is 476 g/mol. The van der Waals surface area contributed by atoms with E-state index in [1.807, 2.05) is 60.9 Å². The first-order valence-corrected chi connectivity index (χ1v) is 13.8. The smallest absolute Gasteiger partial charge is 0.0991 e. The molecular formula is C35H36N4. The third-order valence-electron chi connectivity index (χ3n) is 6.66. The van der Waals surface area contributed by atoms with Gasteiger partial charge < -0.3 is 4.90 Å². The van der Waals surface area contributed by atoms with Crippen LogP contribution in [-0.4, -0.2) is 23.1 Å². The average molecular weight is 513 g/mol. The Bertz CT molecular complexity index is 1380. The molecule has 0 spiro atoms. The molecule has 0 aliphatic heterocycles. The Morgan fingerprint density at radius 3 is 1.54 bits per heavy atom. The molecule has 39 heavy (non-hydrogen) atoms. The van der Waals surface area contributed by atoms with E-state index in [1.54, 1.807) is 0 Å². The summed E-state index contributed by atoms with van der Waals surface area (Å²) in [6, 6.07) is 26.6. The van der Waals surface area contributed by atoms with E-state index in [0.29, 0.717) is 5.56 Å². The molecule has 0 radical (unpaired) electrons.